The number of aliphatic carboxylic acids is 1. The van der Waals surface area contributed by atoms with Crippen molar-refractivity contribution in [2.24, 2.45) is 0 Å². The fourth-order valence-electron chi connectivity index (χ4n) is 4.06. The average molecular weight is 495 g/mol. The topological polar surface area (TPSA) is 114 Å². The second-order valence-corrected chi connectivity index (χ2v) is 8.32. The van der Waals surface area contributed by atoms with Gasteiger partial charge in [-0.05, 0) is 40.5 Å². The van der Waals surface area contributed by atoms with Crippen LogP contribution in [-0.4, -0.2) is 49.4 Å². The number of rotatable bonds is 8. The lowest BCUT2D eigenvalue weighted by Crippen LogP contribution is -2.37. The number of carboxylic acids is 1. The van der Waals surface area contributed by atoms with Gasteiger partial charge in [0.1, 0.15) is 6.61 Å². The van der Waals surface area contributed by atoms with E-state index in [0.29, 0.717) is 0 Å². The van der Waals surface area contributed by atoms with Crippen LogP contribution in [0.15, 0.2) is 66.7 Å². The van der Waals surface area contributed by atoms with Crippen molar-refractivity contribution in [3.63, 3.8) is 0 Å². The van der Waals surface area contributed by atoms with Crippen LogP contribution in [0.3, 0.4) is 0 Å². The Balaban J connectivity index is 1.37. The van der Waals surface area contributed by atoms with Crippen LogP contribution in [0.4, 0.5) is 10.5 Å². The number of benzene rings is 3. The first-order valence-corrected chi connectivity index (χ1v) is 11.2. The van der Waals surface area contributed by atoms with Gasteiger partial charge in [-0.3, -0.25) is 10.1 Å². The summed E-state index contributed by atoms with van der Waals surface area (Å²) in [5, 5.41) is 14.2. The molecule has 0 heterocycles. The first-order valence-electron chi connectivity index (χ1n) is 10.8. The normalized spacial score (nSPS) is 12.9. The minimum atomic E-state index is -1.19. The largest absolute Gasteiger partial charge is 0.479 e. The Hall–Kier alpha value is -3.88. The predicted molar refractivity (Wildman–Crippen MR) is 131 cm³/mol. The molecule has 3 aromatic rings. The summed E-state index contributed by atoms with van der Waals surface area (Å²) in [7, 11) is 1.24. The summed E-state index contributed by atoms with van der Waals surface area (Å²) in [6, 6.07) is 20.4. The van der Waals surface area contributed by atoms with Crippen LogP contribution in [-0.2, 0) is 14.3 Å². The molecular formula is C26H23ClN2O6. The molecule has 3 aromatic carbocycles. The van der Waals surface area contributed by atoms with E-state index in [9.17, 15) is 14.4 Å². The quantitative estimate of drug-likeness (QED) is 0.424. The SMILES string of the molecule is COC(CNC(=O)c1ccc(NC(=O)OCC2c3ccccc3-c3ccccc32)c(Cl)c1)C(=O)O. The lowest BCUT2D eigenvalue weighted by atomic mass is 9.98. The van der Waals surface area contributed by atoms with Crippen LogP contribution in [0.1, 0.15) is 27.4 Å². The molecule has 8 nitrogen and oxygen atoms in total. The molecule has 3 N–H and O–H groups in total. The predicted octanol–water partition coefficient (Wildman–Crippen LogP) is 4.53. The van der Waals surface area contributed by atoms with E-state index in [1.54, 1.807) is 0 Å². The molecular weight excluding hydrogens is 472 g/mol. The van der Waals surface area contributed by atoms with E-state index in [1.807, 2.05) is 36.4 Å². The standard InChI is InChI=1S/C26H23ClN2O6/c1-34-23(25(31)32)13-28-24(30)15-10-11-22(21(27)12-15)29-26(33)35-14-20-18-8-4-2-6-16(18)17-7-3-5-9-19(17)20/h2-12,20,23H,13-14H2,1H3,(H,28,30)(H,29,33)(H,31,32). The van der Waals surface area contributed by atoms with Gasteiger partial charge in [0.25, 0.3) is 5.91 Å². The summed E-state index contributed by atoms with van der Waals surface area (Å²) in [6.45, 7) is -0.0513. The number of anilines is 1. The lowest BCUT2D eigenvalue weighted by Gasteiger charge is -2.15. The second-order valence-electron chi connectivity index (χ2n) is 7.92. The molecule has 0 aliphatic heterocycles. The van der Waals surface area contributed by atoms with Crippen molar-refractivity contribution in [3.05, 3.63) is 88.4 Å². The highest BCUT2D eigenvalue weighted by molar-refractivity contribution is 6.34. The highest BCUT2D eigenvalue weighted by atomic mass is 35.5. The highest BCUT2D eigenvalue weighted by Gasteiger charge is 2.29. The molecule has 0 saturated carbocycles. The summed E-state index contributed by atoms with van der Waals surface area (Å²) >= 11 is 6.25. The van der Waals surface area contributed by atoms with Gasteiger partial charge in [-0.2, -0.15) is 0 Å². The number of methoxy groups -OCH3 is 1. The molecule has 180 valence electrons. The molecule has 9 heteroatoms. The molecule has 0 aromatic heterocycles. The Morgan fingerprint density at radius 2 is 1.63 bits per heavy atom. The van der Waals surface area contributed by atoms with Crippen molar-refractivity contribution in [3.8, 4) is 11.1 Å². The van der Waals surface area contributed by atoms with E-state index < -0.39 is 24.1 Å². The number of carbonyl (C=O) groups excluding carboxylic acids is 2. The van der Waals surface area contributed by atoms with Crippen molar-refractivity contribution >= 4 is 35.3 Å². The van der Waals surface area contributed by atoms with Crippen molar-refractivity contribution in [2.45, 2.75) is 12.0 Å². The zero-order valence-corrected chi connectivity index (χ0v) is 19.5. The number of amides is 2. The van der Waals surface area contributed by atoms with Gasteiger partial charge < -0.3 is 19.9 Å². The molecule has 1 aliphatic rings. The van der Waals surface area contributed by atoms with Crippen molar-refractivity contribution in [1.29, 1.82) is 0 Å². The van der Waals surface area contributed by atoms with Gasteiger partial charge in [-0.25, -0.2) is 9.59 Å². The van der Waals surface area contributed by atoms with Crippen LogP contribution >= 0.6 is 11.6 Å². The summed E-state index contributed by atoms with van der Waals surface area (Å²) in [6.07, 6.45) is -1.83. The third-order valence-electron chi connectivity index (χ3n) is 5.82. The van der Waals surface area contributed by atoms with E-state index in [4.69, 9.17) is 26.2 Å². The third-order valence-corrected chi connectivity index (χ3v) is 6.13. The summed E-state index contributed by atoms with van der Waals surface area (Å²) in [5.41, 5.74) is 4.96. The maximum absolute atomic E-state index is 12.5. The zero-order valence-electron chi connectivity index (χ0n) is 18.8. The number of fused-ring (bicyclic) bond motifs is 3. The fraction of sp³-hybridized carbons (Fsp3) is 0.192. The molecule has 4 rings (SSSR count). The van der Waals surface area contributed by atoms with Crippen molar-refractivity contribution in [1.82, 2.24) is 5.32 Å². The minimum absolute atomic E-state index is 0.0728. The van der Waals surface area contributed by atoms with E-state index in [-0.39, 0.29) is 35.3 Å². The fourth-order valence-corrected chi connectivity index (χ4v) is 4.29. The Kier molecular flexibility index (Phi) is 7.33. The third kappa shape index (κ3) is 5.29. The molecule has 35 heavy (non-hydrogen) atoms. The van der Waals surface area contributed by atoms with Gasteiger partial charge >= 0.3 is 12.1 Å². The number of hydrogen-bond acceptors (Lipinski definition) is 5. The molecule has 1 aliphatic carbocycles. The molecule has 0 spiro atoms. The molecule has 1 unspecified atom stereocenters. The minimum Gasteiger partial charge on any atom is -0.479 e. The van der Waals surface area contributed by atoms with Gasteiger partial charge in [0.05, 0.1) is 17.3 Å². The maximum Gasteiger partial charge on any atom is 0.411 e. The van der Waals surface area contributed by atoms with Gasteiger partial charge in [0.2, 0.25) is 0 Å². The Morgan fingerprint density at radius 1 is 1.00 bits per heavy atom. The molecule has 0 radical (unpaired) electrons. The smallest absolute Gasteiger partial charge is 0.411 e. The number of ether oxygens (including phenoxy) is 2. The van der Waals surface area contributed by atoms with Crippen LogP contribution in [0.25, 0.3) is 11.1 Å². The highest BCUT2D eigenvalue weighted by Crippen LogP contribution is 2.44. The lowest BCUT2D eigenvalue weighted by molar-refractivity contribution is -0.148. The van der Waals surface area contributed by atoms with Crippen LogP contribution < -0.4 is 10.6 Å². The van der Waals surface area contributed by atoms with Gasteiger partial charge in [-0.15, -0.1) is 0 Å². The van der Waals surface area contributed by atoms with Crippen LogP contribution in [0, 0.1) is 0 Å². The number of nitrogens with one attached hydrogen (secondary N) is 2. The molecule has 2 amide bonds. The van der Waals surface area contributed by atoms with E-state index in [2.05, 4.69) is 22.8 Å². The molecule has 0 fully saturated rings. The van der Waals surface area contributed by atoms with E-state index in [0.717, 1.165) is 22.3 Å². The Labute approximate surface area is 206 Å². The van der Waals surface area contributed by atoms with Crippen LogP contribution in [0.2, 0.25) is 5.02 Å². The number of carbonyl (C=O) groups is 3. The van der Waals surface area contributed by atoms with E-state index >= 15 is 0 Å². The summed E-state index contributed by atoms with van der Waals surface area (Å²) in [5.74, 6) is -1.78. The first kappa shape index (κ1) is 24.3. The summed E-state index contributed by atoms with van der Waals surface area (Å²) in [4.78, 5) is 35.8. The van der Waals surface area contributed by atoms with Gasteiger partial charge in [0.15, 0.2) is 6.10 Å². The Morgan fingerprint density at radius 3 is 2.20 bits per heavy atom. The number of carboxylic acid groups (broad SMARTS) is 1. The van der Waals surface area contributed by atoms with Crippen molar-refractivity contribution < 1.29 is 29.0 Å². The summed E-state index contributed by atoms with van der Waals surface area (Å²) < 4.78 is 10.3. The zero-order chi connectivity index (χ0) is 24.9. The number of halogens is 1. The maximum atomic E-state index is 12.5. The Bertz CT molecular complexity index is 1230. The monoisotopic (exact) mass is 494 g/mol. The van der Waals surface area contributed by atoms with Crippen molar-refractivity contribution in [2.75, 3.05) is 25.6 Å². The van der Waals surface area contributed by atoms with Gasteiger partial charge in [0, 0.05) is 18.6 Å². The van der Waals surface area contributed by atoms with Gasteiger partial charge in [-0.1, -0.05) is 60.1 Å². The van der Waals surface area contributed by atoms with E-state index in [1.165, 1.54) is 25.3 Å². The second kappa shape index (κ2) is 10.6. The molecule has 0 saturated heterocycles. The number of hydrogen-bond donors (Lipinski definition) is 3. The first-order chi connectivity index (χ1) is 16.9. The molecule has 1 atom stereocenters. The van der Waals surface area contributed by atoms with Crippen LogP contribution in [0.5, 0.6) is 0 Å². The molecule has 0 bridgehead atoms. The average Bonchev–Trinajstić information content (AvgIpc) is 3.17.